The average molecular weight is 425 g/mol. The third kappa shape index (κ3) is 2.66. The lowest BCUT2D eigenvalue weighted by Crippen LogP contribution is -1.97. The lowest BCUT2D eigenvalue weighted by atomic mass is 9.95. The Morgan fingerprint density at radius 2 is 1.42 bits per heavy atom. The third-order valence-corrected chi connectivity index (χ3v) is 6.53. The number of imidazole rings is 1. The highest BCUT2D eigenvalue weighted by Gasteiger charge is 2.15. The maximum Gasteiger partial charge on any atom is 0.143 e. The highest BCUT2D eigenvalue weighted by atomic mass is 16.3. The molecule has 2 aromatic heterocycles. The lowest BCUT2D eigenvalue weighted by Gasteiger charge is -2.12. The SMILES string of the molecule is Cc1nc2ccccc2n1-c1cccc(-c2cc3c4ccccc4oc3c3ccccc23)c1. The van der Waals surface area contributed by atoms with Crippen molar-refractivity contribution in [1.29, 1.82) is 0 Å². The van der Waals surface area contributed by atoms with Gasteiger partial charge in [-0.25, -0.2) is 4.98 Å². The minimum absolute atomic E-state index is 0.920. The fourth-order valence-corrected chi connectivity index (χ4v) is 5.07. The van der Waals surface area contributed by atoms with Gasteiger partial charge in [0.1, 0.15) is 17.0 Å². The molecule has 0 fully saturated rings. The van der Waals surface area contributed by atoms with Crippen LogP contribution >= 0.6 is 0 Å². The van der Waals surface area contributed by atoms with Gasteiger partial charge < -0.3 is 4.42 Å². The number of para-hydroxylation sites is 3. The van der Waals surface area contributed by atoms with Gasteiger partial charge in [-0.05, 0) is 59.8 Å². The molecule has 0 saturated carbocycles. The van der Waals surface area contributed by atoms with Gasteiger partial charge in [-0.15, -0.1) is 0 Å². The molecule has 0 atom stereocenters. The van der Waals surface area contributed by atoms with E-state index in [0.29, 0.717) is 0 Å². The summed E-state index contributed by atoms with van der Waals surface area (Å²) in [5, 5.41) is 4.62. The summed E-state index contributed by atoms with van der Waals surface area (Å²) in [5.41, 5.74) is 7.49. The zero-order chi connectivity index (χ0) is 21.9. The largest absolute Gasteiger partial charge is 0.455 e. The normalized spacial score (nSPS) is 11.8. The van der Waals surface area contributed by atoms with Crippen molar-refractivity contribution < 1.29 is 4.42 Å². The monoisotopic (exact) mass is 424 g/mol. The van der Waals surface area contributed by atoms with Gasteiger partial charge in [0.2, 0.25) is 0 Å². The molecule has 33 heavy (non-hydrogen) atoms. The minimum atomic E-state index is 0.920. The second-order valence-electron chi connectivity index (χ2n) is 8.48. The fourth-order valence-electron chi connectivity index (χ4n) is 5.07. The van der Waals surface area contributed by atoms with Crippen LogP contribution in [0.25, 0.3) is 60.6 Å². The number of furan rings is 1. The molecule has 0 amide bonds. The van der Waals surface area contributed by atoms with Crippen molar-refractivity contribution in [2.45, 2.75) is 6.92 Å². The zero-order valence-corrected chi connectivity index (χ0v) is 18.1. The van der Waals surface area contributed by atoms with Gasteiger partial charge in [-0.1, -0.05) is 66.7 Å². The molecule has 0 unspecified atom stereocenters. The van der Waals surface area contributed by atoms with Gasteiger partial charge in [0, 0.05) is 21.8 Å². The standard InChI is InChI=1S/C30H20N2O/c1-19-31-27-14-5-6-15-28(27)32(19)21-10-8-9-20(17-21)25-18-26-23-12-4-7-16-29(23)33-30(26)24-13-3-2-11-22(24)25/h2-18H,1H3. The summed E-state index contributed by atoms with van der Waals surface area (Å²) in [4.78, 5) is 4.76. The first-order valence-corrected chi connectivity index (χ1v) is 11.2. The predicted molar refractivity (Wildman–Crippen MR) is 136 cm³/mol. The second kappa shape index (κ2) is 6.81. The number of fused-ring (bicyclic) bond motifs is 6. The summed E-state index contributed by atoms with van der Waals surface area (Å²) in [6.45, 7) is 2.06. The molecule has 2 heterocycles. The van der Waals surface area contributed by atoms with Crippen LogP contribution in [0.4, 0.5) is 0 Å². The molecule has 0 aliphatic carbocycles. The molecule has 0 bridgehead atoms. The smallest absolute Gasteiger partial charge is 0.143 e. The Labute approximate surface area is 190 Å². The number of nitrogens with zero attached hydrogens (tertiary/aromatic N) is 2. The first kappa shape index (κ1) is 18.2. The summed E-state index contributed by atoms with van der Waals surface area (Å²) in [5.74, 6) is 0.981. The maximum atomic E-state index is 6.29. The Hall–Kier alpha value is -4.37. The third-order valence-electron chi connectivity index (χ3n) is 6.53. The van der Waals surface area contributed by atoms with E-state index in [1.165, 1.54) is 16.5 Å². The van der Waals surface area contributed by atoms with E-state index in [1.54, 1.807) is 0 Å². The van der Waals surface area contributed by atoms with Crippen molar-refractivity contribution in [2.24, 2.45) is 0 Å². The summed E-state index contributed by atoms with van der Waals surface area (Å²) in [6, 6.07) is 36.1. The van der Waals surface area contributed by atoms with E-state index in [9.17, 15) is 0 Å². The number of rotatable bonds is 2. The van der Waals surface area contributed by atoms with Crippen molar-refractivity contribution in [1.82, 2.24) is 9.55 Å². The molecule has 156 valence electrons. The Kier molecular flexibility index (Phi) is 3.76. The minimum Gasteiger partial charge on any atom is -0.455 e. The summed E-state index contributed by atoms with van der Waals surface area (Å²) in [7, 11) is 0. The number of aryl methyl sites for hydroxylation is 1. The van der Waals surface area contributed by atoms with Crippen LogP contribution in [0.1, 0.15) is 5.82 Å². The molecular formula is C30H20N2O. The van der Waals surface area contributed by atoms with Crippen LogP contribution in [-0.4, -0.2) is 9.55 Å². The van der Waals surface area contributed by atoms with Crippen molar-refractivity contribution in [3.63, 3.8) is 0 Å². The Balaban J connectivity index is 1.53. The number of hydrogen-bond acceptors (Lipinski definition) is 2. The Morgan fingerprint density at radius 3 is 2.33 bits per heavy atom. The molecule has 0 aliphatic heterocycles. The van der Waals surface area contributed by atoms with E-state index in [-0.39, 0.29) is 0 Å². The fraction of sp³-hybridized carbons (Fsp3) is 0.0333. The number of benzene rings is 5. The van der Waals surface area contributed by atoms with E-state index in [4.69, 9.17) is 9.40 Å². The van der Waals surface area contributed by atoms with Crippen molar-refractivity contribution in [3.05, 3.63) is 109 Å². The maximum absolute atomic E-state index is 6.29. The van der Waals surface area contributed by atoms with E-state index in [1.807, 2.05) is 18.2 Å². The summed E-state index contributed by atoms with van der Waals surface area (Å²) < 4.78 is 8.52. The van der Waals surface area contributed by atoms with Crippen molar-refractivity contribution >= 4 is 43.7 Å². The zero-order valence-electron chi connectivity index (χ0n) is 18.1. The molecule has 0 aliphatic rings. The summed E-state index contributed by atoms with van der Waals surface area (Å²) >= 11 is 0. The molecule has 0 radical (unpaired) electrons. The Morgan fingerprint density at radius 1 is 0.667 bits per heavy atom. The molecule has 3 nitrogen and oxygen atoms in total. The van der Waals surface area contributed by atoms with Crippen LogP contribution in [0.3, 0.4) is 0 Å². The highest BCUT2D eigenvalue weighted by molar-refractivity contribution is 6.19. The molecule has 7 rings (SSSR count). The van der Waals surface area contributed by atoms with E-state index in [2.05, 4.69) is 96.4 Å². The molecule has 0 spiro atoms. The van der Waals surface area contributed by atoms with Gasteiger partial charge in [-0.2, -0.15) is 0 Å². The molecule has 7 aromatic rings. The van der Waals surface area contributed by atoms with Crippen molar-refractivity contribution in [3.8, 4) is 16.8 Å². The van der Waals surface area contributed by atoms with Gasteiger partial charge in [-0.3, -0.25) is 4.57 Å². The molecule has 0 saturated heterocycles. The molecule has 5 aromatic carbocycles. The summed E-state index contributed by atoms with van der Waals surface area (Å²) in [6.07, 6.45) is 0. The highest BCUT2D eigenvalue weighted by Crippen LogP contribution is 2.40. The van der Waals surface area contributed by atoms with Crippen LogP contribution < -0.4 is 0 Å². The topological polar surface area (TPSA) is 31.0 Å². The van der Waals surface area contributed by atoms with Crippen LogP contribution in [0, 0.1) is 6.92 Å². The van der Waals surface area contributed by atoms with Gasteiger partial charge >= 0.3 is 0 Å². The molecule has 3 heteroatoms. The van der Waals surface area contributed by atoms with E-state index in [0.717, 1.165) is 49.9 Å². The number of aromatic nitrogens is 2. The van der Waals surface area contributed by atoms with Gasteiger partial charge in [0.05, 0.1) is 11.0 Å². The first-order chi connectivity index (χ1) is 16.3. The number of hydrogen-bond donors (Lipinski definition) is 0. The van der Waals surface area contributed by atoms with E-state index >= 15 is 0 Å². The average Bonchev–Trinajstić information content (AvgIpc) is 3.40. The van der Waals surface area contributed by atoms with E-state index < -0.39 is 0 Å². The van der Waals surface area contributed by atoms with Crippen LogP contribution in [-0.2, 0) is 0 Å². The first-order valence-electron chi connectivity index (χ1n) is 11.2. The second-order valence-corrected chi connectivity index (χ2v) is 8.48. The van der Waals surface area contributed by atoms with Gasteiger partial charge in [0.15, 0.2) is 0 Å². The lowest BCUT2D eigenvalue weighted by molar-refractivity contribution is 0.672. The Bertz CT molecular complexity index is 1840. The van der Waals surface area contributed by atoms with Gasteiger partial charge in [0.25, 0.3) is 0 Å². The van der Waals surface area contributed by atoms with Crippen LogP contribution in [0.5, 0.6) is 0 Å². The van der Waals surface area contributed by atoms with Crippen LogP contribution in [0.2, 0.25) is 0 Å². The van der Waals surface area contributed by atoms with Crippen molar-refractivity contribution in [2.75, 3.05) is 0 Å². The predicted octanol–water partition coefficient (Wildman–Crippen LogP) is 8.05. The quantitative estimate of drug-likeness (QED) is 0.281. The molecular weight excluding hydrogens is 404 g/mol. The van der Waals surface area contributed by atoms with Crippen LogP contribution in [0.15, 0.2) is 108 Å². The molecule has 0 N–H and O–H groups in total.